The number of aryl methyl sites for hydroxylation is 1. The highest BCUT2D eigenvalue weighted by atomic mass is 16.5. The van der Waals surface area contributed by atoms with E-state index in [1.807, 2.05) is 6.92 Å². The van der Waals surface area contributed by atoms with Gasteiger partial charge >= 0.3 is 6.09 Å². The van der Waals surface area contributed by atoms with E-state index >= 15 is 0 Å². The lowest BCUT2D eigenvalue weighted by atomic mass is 10.3. The number of methoxy groups -OCH3 is 1. The maximum absolute atomic E-state index is 10.6. The minimum atomic E-state index is -0.611. The Morgan fingerprint density at radius 3 is 2.83 bits per heavy atom. The molecule has 63 valence electrons. The number of carbonyl (C=O) groups excluding carboxylic acids is 1. The molecule has 12 heavy (non-hydrogen) atoms. The first-order valence-corrected chi connectivity index (χ1v) is 3.44. The standard InChI is InChI=1S/C8H9N2O2/c1-6-3-4-7(5-9-6)10-8(11)12-2/h3-5H,1-2H3. The molecule has 0 aliphatic carbocycles. The van der Waals surface area contributed by atoms with Gasteiger partial charge in [-0.1, -0.05) is 0 Å². The molecule has 1 amide bonds. The molecule has 0 aliphatic heterocycles. The summed E-state index contributed by atoms with van der Waals surface area (Å²) in [6.07, 6.45) is 0.910. The third-order valence-corrected chi connectivity index (χ3v) is 1.29. The van der Waals surface area contributed by atoms with Gasteiger partial charge in [-0.25, -0.2) is 4.79 Å². The van der Waals surface area contributed by atoms with Crippen LogP contribution in [0.2, 0.25) is 0 Å². The summed E-state index contributed by atoms with van der Waals surface area (Å²) in [5.74, 6) is 0. The van der Waals surface area contributed by atoms with Gasteiger partial charge in [0.15, 0.2) is 0 Å². The molecule has 0 aromatic carbocycles. The first-order valence-electron chi connectivity index (χ1n) is 3.44. The molecule has 0 N–H and O–H groups in total. The predicted molar refractivity (Wildman–Crippen MR) is 43.2 cm³/mol. The van der Waals surface area contributed by atoms with Gasteiger partial charge in [0.25, 0.3) is 0 Å². The molecule has 4 heteroatoms. The SMILES string of the molecule is COC(=O)[N]c1ccc(C)nc1. The van der Waals surface area contributed by atoms with E-state index in [0.29, 0.717) is 5.69 Å². The molecule has 1 radical (unpaired) electrons. The summed E-state index contributed by atoms with van der Waals surface area (Å²) in [6.45, 7) is 1.86. The molecular weight excluding hydrogens is 156 g/mol. The van der Waals surface area contributed by atoms with Crippen LogP contribution < -0.4 is 5.32 Å². The van der Waals surface area contributed by atoms with Crippen LogP contribution in [0.1, 0.15) is 5.69 Å². The van der Waals surface area contributed by atoms with Crippen molar-refractivity contribution in [1.29, 1.82) is 0 Å². The molecule has 1 heterocycles. The van der Waals surface area contributed by atoms with Crippen LogP contribution in [0.3, 0.4) is 0 Å². The van der Waals surface area contributed by atoms with Crippen LogP contribution in [-0.2, 0) is 4.74 Å². The van der Waals surface area contributed by atoms with Gasteiger partial charge in [0.2, 0.25) is 0 Å². The van der Waals surface area contributed by atoms with Crippen molar-refractivity contribution in [3.05, 3.63) is 24.0 Å². The Bertz CT molecular complexity index is 269. The van der Waals surface area contributed by atoms with Gasteiger partial charge in [0.1, 0.15) is 0 Å². The number of pyridine rings is 1. The lowest BCUT2D eigenvalue weighted by molar-refractivity contribution is 0.175. The topological polar surface area (TPSA) is 53.3 Å². The zero-order chi connectivity index (χ0) is 8.97. The van der Waals surface area contributed by atoms with Crippen LogP contribution >= 0.6 is 0 Å². The van der Waals surface area contributed by atoms with Crippen molar-refractivity contribution in [2.75, 3.05) is 7.11 Å². The Labute approximate surface area is 70.6 Å². The zero-order valence-electron chi connectivity index (χ0n) is 6.94. The molecule has 1 aromatic heterocycles. The van der Waals surface area contributed by atoms with Crippen LogP contribution in [-0.4, -0.2) is 18.2 Å². The van der Waals surface area contributed by atoms with Crippen molar-refractivity contribution >= 4 is 11.8 Å². The Morgan fingerprint density at radius 1 is 1.58 bits per heavy atom. The highest BCUT2D eigenvalue weighted by molar-refractivity contribution is 5.72. The van der Waals surface area contributed by atoms with Crippen molar-refractivity contribution in [3.8, 4) is 0 Å². The minimum absolute atomic E-state index is 0.507. The van der Waals surface area contributed by atoms with E-state index in [1.165, 1.54) is 13.3 Å². The fourth-order valence-electron chi connectivity index (χ4n) is 0.677. The molecule has 0 unspecified atom stereocenters. The van der Waals surface area contributed by atoms with Gasteiger partial charge in [0.05, 0.1) is 19.0 Å². The van der Waals surface area contributed by atoms with Gasteiger partial charge in [0, 0.05) is 5.69 Å². The number of hydrogen-bond donors (Lipinski definition) is 0. The normalized spacial score (nSPS) is 9.17. The first-order chi connectivity index (χ1) is 5.72. The molecule has 1 rings (SSSR count). The second-order valence-electron chi connectivity index (χ2n) is 2.24. The van der Waals surface area contributed by atoms with E-state index in [9.17, 15) is 4.79 Å². The number of aromatic nitrogens is 1. The molecule has 1 aromatic rings. The van der Waals surface area contributed by atoms with E-state index in [0.717, 1.165) is 5.69 Å². The van der Waals surface area contributed by atoms with Gasteiger partial charge in [-0.05, 0) is 19.1 Å². The third kappa shape index (κ3) is 2.23. The van der Waals surface area contributed by atoms with E-state index < -0.39 is 6.09 Å². The van der Waals surface area contributed by atoms with Crippen LogP contribution in [0.4, 0.5) is 10.5 Å². The summed E-state index contributed by atoms with van der Waals surface area (Å²) < 4.78 is 4.35. The van der Waals surface area contributed by atoms with Crippen molar-refractivity contribution in [1.82, 2.24) is 10.3 Å². The van der Waals surface area contributed by atoms with E-state index in [1.54, 1.807) is 12.1 Å². The van der Waals surface area contributed by atoms with E-state index in [4.69, 9.17) is 0 Å². The number of nitrogens with zero attached hydrogens (tertiary/aromatic N) is 2. The summed E-state index contributed by atoms with van der Waals surface area (Å²) in [5.41, 5.74) is 1.39. The highest BCUT2D eigenvalue weighted by Gasteiger charge is 2.02. The smallest absolute Gasteiger partial charge is 0.433 e. The average Bonchev–Trinajstić information content (AvgIpc) is 2.09. The number of hydrogen-bond acceptors (Lipinski definition) is 3. The summed E-state index contributed by atoms with van der Waals surface area (Å²) in [7, 11) is 1.29. The number of carbonyl (C=O) groups is 1. The Kier molecular flexibility index (Phi) is 2.63. The molecule has 0 fully saturated rings. The highest BCUT2D eigenvalue weighted by Crippen LogP contribution is 2.05. The average molecular weight is 165 g/mol. The number of ether oxygens (including phenoxy) is 1. The quantitative estimate of drug-likeness (QED) is 0.631. The molecule has 0 atom stereocenters. The molecule has 0 saturated carbocycles. The van der Waals surface area contributed by atoms with Crippen LogP contribution in [0.5, 0.6) is 0 Å². The lowest BCUT2D eigenvalue weighted by Gasteiger charge is -1.98. The maximum Gasteiger partial charge on any atom is 0.433 e. The van der Waals surface area contributed by atoms with Gasteiger partial charge in [-0.2, -0.15) is 5.32 Å². The second-order valence-corrected chi connectivity index (χ2v) is 2.24. The monoisotopic (exact) mass is 165 g/mol. The Hall–Kier alpha value is -1.58. The summed E-state index contributed by atoms with van der Waals surface area (Å²) in [5, 5.41) is 3.60. The molecule has 0 aliphatic rings. The van der Waals surface area contributed by atoms with Gasteiger partial charge in [-0.15, -0.1) is 0 Å². The predicted octanol–water partition coefficient (Wildman–Crippen LogP) is 1.39. The fourth-order valence-corrected chi connectivity index (χ4v) is 0.677. The Balaban J connectivity index is 2.64. The van der Waals surface area contributed by atoms with Crippen molar-refractivity contribution in [2.45, 2.75) is 6.92 Å². The zero-order valence-corrected chi connectivity index (χ0v) is 6.94. The Morgan fingerprint density at radius 2 is 2.33 bits per heavy atom. The molecule has 0 bridgehead atoms. The molecular formula is C8H9N2O2. The maximum atomic E-state index is 10.6. The summed E-state index contributed by atoms with van der Waals surface area (Å²) >= 11 is 0. The van der Waals surface area contributed by atoms with Crippen LogP contribution in [0.25, 0.3) is 0 Å². The largest absolute Gasteiger partial charge is 0.451 e. The first kappa shape index (κ1) is 8.52. The second kappa shape index (κ2) is 3.71. The van der Waals surface area contributed by atoms with Gasteiger partial charge < -0.3 is 4.74 Å². The fraction of sp³-hybridized carbons (Fsp3) is 0.250. The molecule has 0 spiro atoms. The van der Waals surface area contributed by atoms with E-state index in [2.05, 4.69) is 15.0 Å². The van der Waals surface area contributed by atoms with Crippen LogP contribution in [0, 0.1) is 6.92 Å². The van der Waals surface area contributed by atoms with Gasteiger partial charge in [-0.3, -0.25) is 4.98 Å². The van der Waals surface area contributed by atoms with Crippen LogP contribution in [0.15, 0.2) is 18.3 Å². The third-order valence-electron chi connectivity index (χ3n) is 1.29. The number of amides is 1. The summed E-state index contributed by atoms with van der Waals surface area (Å²) in [4.78, 5) is 14.6. The summed E-state index contributed by atoms with van der Waals surface area (Å²) in [6, 6.07) is 3.49. The minimum Gasteiger partial charge on any atom is -0.451 e. The number of rotatable bonds is 1. The van der Waals surface area contributed by atoms with Crippen molar-refractivity contribution in [3.63, 3.8) is 0 Å². The van der Waals surface area contributed by atoms with Crippen molar-refractivity contribution < 1.29 is 9.53 Å². The molecule has 4 nitrogen and oxygen atoms in total. The lowest BCUT2D eigenvalue weighted by Crippen LogP contribution is -2.09. The van der Waals surface area contributed by atoms with E-state index in [-0.39, 0.29) is 0 Å². The van der Waals surface area contributed by atoms with Crippen molar-refractivity contribution in [2.24, 2.45) is 0 Å². The molecule has 0 saturated heterocycles.